The summed E-state index contributed by atoms with van der Waals surface area (Å²) in [6.45, 7) is 1.32. The molecule has 0 unspecified atom stereocenters. The Morgan fingerprint density at radius 1 is 1.00 bits per heavy atom. The van der Waals surface area contributed by atoms with Crippen molar-refractivity contribution in [3.8, 4) is 5.75 Å². The molecule has 1 heterocycles. The molecule has 4 aromatic rings. The predicted octanol–water partition coefficient (Wildman–Crippen LogP) is 5.64. The number of nitrogens with zero attached hydrogens (tertiary/aromatic N) is 1. The van der Waals surface area contributed by atoms with Crippen molar-refractivity contribution >= 4 is 39.2 Å². The van der Waals surface area contributed by atoms with Gasteiger partial charge in [-0.15, -0.1) is 0 Å². The van der Waals surface area contributed by atoms with E-state index in [2.05, 4.69) is 5.32 Å². The first-order valence-corrected chi connectivity index (χ1v) is 13.1. The third-order valence-corrected chi connectivity index (χ3v) is 6.84. The van der Waals surface area contributed by atoms with E-state index in [0.29, 0.717) is 21.8 Å². The molecule has 0 atom stereocenters. The number of hydrogen-bond acceptors (Lipinski definition) is 6. The van der Waals surface area contributed by atoms with Crippen LogP contribution in [0.5, 0.6) is 5.75 Å². The molecule has 0 spiro atoms. The van der Waals surface area contributed by atoms with Gasteiger partial charge < -0.3 is 18.8 Å². The van der Waals surface area contributed by atoms with Crippen LogP contribution in [0.15, 0.2) is 94.4 Å². The zero-order valence-corrected chi connectivity index (χ0v) is 21.6. The molecule has 11 heteroatoms. The number of furan rings is 1. The Morgan fingerprint density at radius 2 is 1.71 bits per heavy atom. The van der Waals surface area contributed by atoms with Crippen molar-refractivity contribution < 1.29 is 31.0 Å². The fourth-order valence-electron chi connectivity index (χ4n) is 3.60. The molecule has 0 bridgehead atoms. The molecule has 8 nitrogen and oxygen atoms in total. The van der Waals surface area contributed by atoms with Crippen molar-refractivity contribution in [2.75, 3.05) is 5.32 Å². The van der Waals surface area contributed by atoms with Gasteiger partial charge in [-0.25, -0.2) is 4.39 Å². The molecule has 0 aliphatic rings. The van der Waals surface area contributed by atoms with Crippen molar-refractivity contribution in [1.29, 1.82) is 0 Å². The molecule has 2 amide bonds. The van der Waals surface area contributed by atoms with Gasteiger partial charge in [0.25, 0.3) is 5.91 Å². The Hall–Kier alpha value is -4.15. The van der Waals surface area contributed by atoms with E-state index in [1.807, 2.05) is 0 Å². The molecule has 1 N–H and O–H groups in total. The highest BCUT2D eigenvalue weighted by molar-refractivity contribution is 7.87. The standard InChI is InChI=1S/C27H22ClFN2O6S/c1-18(32)30-23-9-11-24(12-10-23)38(34,35)37-25-13-6-21(28)15-20(25)17-31(27(33)26-3-2-14-36-26)16-19-4-7-22(29)8-5-19/h2-15H,16-17H2,1H3,(H,30,32). The second kappa shape index (κ2) is 11.5. The third-order valence-electron chi connectivity index (χ3n) is 5.35. The van der Waals surface area contributed by atoms with E-state index in [0.717, 1.165) is 0 Å². The van der Waals surface area contributed by atoms with Crippen molar-refractivity contribution in [3.63, 3.8) is 0 Å². The number of carbonyl (C=O) groups excluding carboxylic acids is 2. The predicted molar refractivity (Wildman–Crippen MR) is 139 cm³/mol. The van der Waals surface area contributed by atoms with E-state index in [1.54, 1.807) is 18.2 Å². The summed E-state index contributed by atoms with van der Waals surface area (Å²) in [5.74, 6) is -1.14. The minimum absolute atomic E-state index is 0.0308. The first kappa shape index (κ1) is 26.9. The van der Waals surface area contributed by atoms with Crippen LogP contribution in [0.4, 0.5) is 10.1 Å². The van der Waals surface area contributed by atoms with Crippen LogP contribution < -0.4 is 9.50 Å². The second-order valence-corrected chi connectivity index (χ2v) is 10.2. The van der Waals surface area contributed by atoms with E-state index in [9.17, 15) is 22.4 Å². The van der Waals surface area contributed by atoms with Crippen molar-refractivity contribution in [3.05, 3.63) is 113 Å². The summed E-state index contributed by atoms with van der Waals surface area (Å²) in [7, 11) is -4.28. The number of hydrogen-bond donors (Lipinski definition) is 1. The quantitative estimate of drug-likeness (QED) is 0.267. The Bertz CT molecular complexity index is 1540. The second-order valence-electron chi connectivity index (χ2n) is 8.26. The lowest BCUT2D eigenvalue weighted by molar-refractivity contribution is -0.114. The fraction of sp³-hybridized carbons (Fsp3) is 0.111. The molecule has 0 aliphatic carbocycles. The molecule has 0 radical (unpaired) electrons. The van der Waals surface area contributed by atoms with Crippen LogP contribution in [0.25, 0.3) is 0 Å². The molecule has 0 saturated heterocycles. The summed E-state index contributed by atoms with van der Waals surface area (Å²) in [4.78, 5) is 25.7. The summed E-state index contributed by atoms with van der Waals surface area (Å²) in [6.07, 6.45) is 1.36. The highest BCUT2D eigenvalue weighted by atomic mass is 35.5. The highest BCUT2D eigenvalue weighted by Crippen LogP contribution is 2.29. The van der Waals surface area contributed by atoms with Crippen LogP contribution in [0.2, 0.25) is 5.02 Å². The molecule has 4 rings (SSSR count). The van der Waals surface area contributed by atoms with Gasteiger partial charge in [-0.05, 0) is 72.3 Å². The lowest BCUT2D eigenvalue weighted by Gasteiger charge is -2.23. The molecule has 3 aromatic carbocycles. The monoisotopic (exact) mass is 556 g/mol. The van der Waals surface area contributed by atoms with Gasteiger partial charge in [-0.2, -0.15) is 8.42 Å². The van der Waals surface area contributed by atoms with Gasteiger partial charge in [0.1, 0.15) is 16.5 Å². The average Bonchev–Trinajstić information content (AvgIpc) is 3.41. The lowest BCUT2D eigenvalue weighted by Crippen LogP contribution is -2.30. The van der Waals surface area contributed by atoms with Crippen LogP contribution in [-0.4, -0.2) is 25.1 Å². The van der Waals surface area contributed by atoms with Crippen LogP contribution in [0.3, 0.4) is 0 Å². The molecule has 0 saturated carbocycles. The number of anilines is 1. The van der Waals surface area contributed by atoms with Gasteiger partial charge in [0.2, 0.25) is 5.91 Å². The number of benzene rings is 3. The Morgan fingerprint density at radius 3 is 2.34 bits per heavy atom. The van der Waals surface area contributed by atoms with Gasteiger partial charge in [0, 0.05) is 29.7 Å². The van der Waals surface area contributed by atoms with E-state index in [4.69, 9.17) is 20.2 Å². The van der Waals surface area contributed by atoms with E-state index < -0.39 is 21.8 Å². The molecule has 196 valence electrons. The summed E-state index contributed by atoms with van der Waals surface area (Å²) in [5, 5.41) is 2.86. The minimum Gasteiger partial charge on any atom is -0.459 e. The van der Waals surface area contributed by atoms with Crippen molar-refractivity contribution in [2.45, 2.75) is 24.9 Å². The van der Waals surface area contributed by atoms with Crippen LogP contribution in [0.1, 0.15) is 28.6 Å². The maximum absolute atomic E-state index is 13.4. The summed E-state index contributed by atoms with van der Waals surface area (Å²) in [5.41, 5.74) is 1.39. The maximum atomic E-state index is 13.4. The number of carbonyl (C=O) groups is 2. The van der Waals surface area contributed by atoms with Gasteiger partial charge in [-0.1, -0.05) is 23.7 Å². The van der Waals surface area contributed by atoms with Crippen molar-refractivity contribution in [1.82, 2.24) is 4.90 Å². The number of halogens is 2. The van der Waals surface area contributed by atoms with E-state index in [-0.39, 0.29) is 35.4 Å². The van der Waals surface area contributed by atoms with Crippen LogP contribution in [0, 0.1) is 5.82 Å². The van der Waals surface area contributed by atoms with Crippen LogP contribution >= 0.6 is 11.6 Å². The SMILES string of the molecule is CC(=O)Nc1ccc(S(=O)(=O)Oc2ccc(Cl)cc2CN(Cc2ccc(F)cc2)C(=O)c2ccco2)cc1. The summed E-state index contributed by atoms with van der Waals surface area (Å²) in [6, 6.07) is 18.6. The van der Waals surface area contributed by atoms with Gasteiger partial charge >= 0.3 is 10.1 Å². The van der Waals surface area contributed by atoms with Crippen LogP contribution in [-0.2, 0) is 28.0 Å². The zero-order valence-electron chi connectivity index (χ0n) is 20.1. The smallest absolute Gasteiger partial charge is 0.339 e. The molecule has 0 fully saturated rings. The Labute approximate surface area is 223 Å². The normalized spacial score (nSPS) is 11.1. The average molecular weight is 557 g/mol. The maximum Gasteiger partial charge on any atom is 0.339 e. The summed E-state index contributed by atoms with van der Waals surface area (Å²) >= 11 is 6.20. The number of rotatable bonds is 9. The van der Waals surface area contributed by atoms with Gasteiger partial charge in [0.05, 0.1) is 12.8 Å². The van der Waals surface area contributed by atoms with Gasteiger partial charge in [-0.3, -0.25) is 9.59 Å². The minimum atomic E-state index is -4.28. The number of nitrogens with one attached hydrogen (secondary N) is 1. The fourth-order valence-corrected chi connectivity index (χ4v) is 4.76. The highest BCUT2D eigenvalue weighted by Gasteiger charge is 2.24. The van der Waals surface area contributed by atoms with E-state index in [1.165, 1.54) is 78.8 Å². The largest absolute Gasteiger partial charge is 0.459 e. The molecular formula is C27H22ClFN2O6S. The van der Waals surface area contributed by atoms with Gasteiger partial charge in [0.15, 0.2) is 5.76 Å². The lowest BCUT2D eigenvalue weighted by atomic mass is 10.1. The Kier molecular flexibility index (Phi) is 8.13. The molecular weight excluding hydrogens is 535 g/mol. The molecule has 38 heavy (non-hydrogen) atoms. The Balaban J connectivity index is 1.63. The molecule has 1 aromatic heterocycles. The topological polar surface area (TPSA) is 106 Å². The zero-order chi connectivity index (χ0) is 27.3. The van der Waals surface area contributed by atoms with E-state index >= 15 is 0 Å². The number of amides is 2. The molecule has 0 aliphatic heterocycles. The first-order chi connectivity index (χ1) is 18.1. The van der Waals surface area contributed by atoms with Crippen molar-refractivity contribution in [2.24, 2.45) is 0 Å². The third kappa shape index (κ3) is 6.78. The summed E-state index contributed by atoms with van der Waals surface area (Å²) < 4.78 is 50.2. The first-order valence-electron chi connectivity index (χ1n) is 11.3.